The molecule has 9 heteroatoms. The standard InChI is InChI=1S/C26H28N4O5/c1-13-10-14(2)22-16(11-13)26(25(34)28-22)21-20(17(29-26)8-9-19(27)31)23(32)30(24(21)33)12-15-6-4-5-7-18(15)35-3/h4-7,10-11,17,20-21,29H,8-9,12H2,1-3H3,(H2,27,31)(H,28,34)/p+1/t17-,20+,21-,26-/m0/s1. The molecule has 0 saturated carbocycles. The van der Waals surface area contributed by atoms with Crippen LogP contribution in [0.25, 0.3) is 0 Å². The van der Waals surface area contributed by atoms with E-state index in [9.17, 15) is 19.2 Å². The van der Waals surface area contributed by atoms with Crippen LogP contribution >= 0.6 is 0 Å². The van der Waals surface area contributed by atoms with Crippen molar-refractivity contribution >= 4 is 29.3 Å². The van der Waals surface area contributed by atoms with E-state index in [-0.39, 0.29) is 30.7 Å². The summed E-state index contributed by atoms with van der Waals surface area (Å²) in [5.41, 5.74) is 8.11. The first-order chi connectivity index (χ1) is 16.7. The zero-order chi connectivity index (χ0) is 25.1. The maximum atomic E-state index is 13.9. The summed E-state index contributed by atoms with van der Waals surface area (Å²) in [6.07, 6.45) is 0.364. The number of aryl methyl sites for hydroxylation is 2. The van der Waals surface area contributed by atoms with Gasteiger partial charge in [-0.05, 0) is 31.5 Å². The summed E-state index contributed by atoms with van der Waals surface area (Å²) in [5.74, 6) is -2.56. The van der Waals surface area contributed by atoms with Gasteiger partial charge in [-0.25, -0.2) is 0 Å². The Labute approximate surface area is 203 Å². The summed E-state index contributed by atoms with van der Waals surface area (Å²) >= 11 is 0. The number of rotatable bonds is 6. The molecule has 2 fully saturated rings. The van der Waals surface area contributed by atoms with Gasteiger partial charge in [0.25, 0.3) is 5.91 Å². The Hall–Kier alpha value is -3.72. The average Bonchev–Trinajstić information content (AvgIpc) is 3.39. The first-order valence-corrected chi connectivity index (χ1v) is 11.7. The number of carbonyl (C=O) groups is 4. The molecule has 4 amide bonds. The lowest BCUT2D eigenvalue weighted by Gasteiger charge is -2.27. The molecule has 9 nitrogen and oxygen atoms in total. The minimum Gasteiger partial charge on any atom is -0.496 e. The second kappa shape index (κ2) is 8.20. The number of methoxy groups -OCH3 is 1. The number of carbonyl (C=O) groups excluding carboxylic acids is 4. The van der Waals surface area contributed by atoms with Crippen molar-refractivity contribution in [2.45, 2.75) is 44.8 Å². The van der Waals surface area contributed by atoms with Gasteiger partial charge in [0.2, 0.25) is 23.3 Å². The molecule has 2 aromatic rings. The molecule has 5 N–H and O–H groups in total. The van der Waals surface area contributed by atoms with Crippen molar-refractivity contribution in [3.05, 3.63) is 58.7 Å². The minimum atomic E-state index is -1.28. The summed E-state index contributed by atoms with van der Waals surface area (Å²) in [6.45, 7) is 3.91. The number of fused-ring (bicyclic) bond motifs is 4. The van der Waals surface area contributed by atoms with Crippen molar-refractivity contribution in [2.75, 3.05) is 12.4 Å². The van der Waals surface area contributed by atoms with Crippen LogP contribution in [0.4, 0.5) is 5.69 Å². The molecule has 2 aromatic carbocycles. The topological polar surface area (TPSA) is 135 Å². The molecule has 3 aliphatic heterocycles. The summed E-state index contributed by atoms with van der Waals surface area (Å²) < 4.78 is 5.42. The molecule has 2 saturated heterocycles. The Kier molecular flexibility index (Phi) is 5.40. The lowest BCUT2D eigenvalue weighted by atomic mass is 9.75. The predicted octanol–water partition coefficient (Wildman–Crippen LogP) is 0.472. The van der Waals surface area contributed by atoms with E-state index >= 15 is 0 Å². The first kappa shape index (κ1) is 23.0. The highest BCUT2D eigenvalue weighted by Crippen LogP contribution is 2.50. The Morgan fingerprint density at radius 1 is 1.17 bits per heavy atom. The monoisotopic (exact) mass is 477 g/mol. The Balaban J connectivity index is 1.61. The molecule has 3 heterocycles. The number of quaternary nitrogens is 1. The maximum absolute atomic E-state index is 13.9. The van der Waals surface area contributed by atoms with Gasteiger partial charge in [0.1, 0.15) is 23.6 Å². The highest BCUT2D eigenvalue weighted by Gasteiger charge is 2.74. The van der Waals surface area contributed by atoms with E-state index in [0.717, 1.165) is 16.7 Å². The van der Waals surface area contributed by atoms with Crippen LogP contribution < -0.4 is 21.1 Å². The van der Waals surface area contributed by atoms with Crippen LogP contribution in [-0.4, -0.2) is 41.7 Å². The van der Waals surface area contributed by atoms with Gasteiger partial charge in [-0.1, -0.05) is 29.8 Å². The number of nitrogens with two attached hydrogens (primary N) is 2. The normalized spacial score (nSPS) is 26.8. The fraction of sp³-hybridized carbons (Fsp3) is 0.385. The molecule has 3 aliphatic rings. The minimum absolute atomic E-state index is 0.0502. The third kappa shape index (κ3) is 3.33. The number of benzene rings is 2. The van der Waals surface area contributed by atoms with Crippen molar-refractivity contribution in [2.24, 2.45) is 17.6 Å². The van der Waals surface area contributed by atoms with E-state index in [1.807, 2.05) is 49.5 Å². The molecule has 5 rings (SSSR count). The highest BCUT2D eigenvalue weighted by molar-refractivity contribution is 6.14. The summed E-state index contributed by atoms with van der Waals surface area (Å²) in [7, 11) is 1.54. The molecule has 0 radical (unpaired) electrons. The fourth-order valence-electron chi connectivity index (χ4n) is 6.21. The van der Waals surface area contributed by atoms with E-state index in [4.69, 9.17) is 10.5 Å². The SMILES string of the molecule is COc1ccccc1CN1C(=O)[C@@H]2[C@H](CCC(N)=O)[NH2+][C@]3(C(=O)Nc4c(C)cc(C)cc43)[C@@H]2C1=O. The number of imide groups is 1. The van der Waals surface area contributed by atoms with Crippen LogP contribution in [-0.2, 0) is 31.3 Å². The molecule has 0 aliphatic carbocycles. The number of nitrogens with zero attached hydrogens (tertiary/aromatic N) is 1. The predicted molar refractivity (Wildman–Crippen MR) is 126 cm³/mol. The number of hydrogen-bond acceptors (Lipinski definition) is 5. The maximum Gasteiger partial charge on any atom is 0.291 e. The van der Waals surface area contributed by atoms with Gasteiger partial charge in [-0.3, -0.25) is 24.1 Å². The lowest BCUT2D eigenvalue weighted by Crippen LogP contribution is -2.99. The van der Waals surface area contributed by atoms with Gasteiger partial charge in [0.15, 0.2) is 0 Å². The van der Waals surface area contributed by atoms with Crippen LogP contribution in [0, 0.1) is 25.7 Å². The number of nitrogens with one attached hydrogen (secondary N) is 1. The Bertz CT molecular complexity index is 1270. The van der Waals surface area contributed by atoms with Crippen molar-refractivity contribution in [1.29, 1.82) is 0 Å². The van der Waals surface area contributed by atoms with E-state index < -0.39 is 29.3 Å². The number of primary amides is 1. The van der Waals surface area contributed by atoms with Gasteiger partial charge >= 0.3 is 0 Å². The third-order valence-corrected chi connectivity index (χ3v) is 7.66. The molecule has 4 atom stereocenters. The summed E-state index contributed by atoms with van der Waals surface area (Å²) in [6, 6.07) is 10.7. The van der Waals surface area contributed by atoms with E-state index in [0.29, 0.717) is 23.4 Å². The summed E-state index contributed by atoms with van der Waals surface area (Å²) in [5, 5.41) is 4.81. The molecule has 35 heavy (non-hydrogen) atoms. The summed E-state index contributed by atoms with van der Waals surface area (Å²) in [4.78, 5) is 54.1. The van der Waals surface area contributed by atoms with Crippen LogP contribution in [0.3, 0.4) is 0 Å². The van der Waals surface area contributed by atoms with Gasteiger partial charge < -0.3 is 21.1 Å². The number of hydrogen-bond donors (Lipinski definition) is 3. The zero-order valence-corrected chi connectivity index (χ0v) is 20.0. The van der Waals surface area contributed by atoms with E-state index in [2.05, 4.69) is 5.32 Å². The number of ether oxygens (including phenoxy) is 1. The molecule has 0 unspecified atom stereocenters. The molecular formula is C26H29N4O5+. The average molecular weight is 478 g/mol. The first-order valence-electron chi connectivity index (χ1n) is 11.7. The zero-order valence-electron chi connectivity index (χ0n) is 20.0. The molecule has 0 bridgehead atoms. The Morgan fingerprint density at radius 2 is 1.91 bits per heavy atom. The number of likely N-dealkylation sites (tertiary alicyclic amines) is 1. The largest absolute Gasteiger partial charge is 0.496 e. The quantitative estimate of drug-likeness (QED) is 0.520. The van der Waals surface area contributed by atoms with E-state index in [1.54, 1.807) is 6.07 Å². The molecular weight excluding hydrogens is 448 g/mol. The molecule has 1 spiro atoms. The van der Waals surface area contributed by atoms with Gasteiger partial charge in [0.05, 0.1) is 19.3 Å². The van der Waals surface area contributed by atoms with Crippen molar-refractivity contribution in [1.82, 2.24) is 4.90 Å². The van der Waals surface area contributed by atoms with Crippen LogP contribution in [0.5, 0.6) is 5.75 Å². The van der Waals surface area contributed by atoms with Crippen molar-refractivity contribution in [3.63, 3.8) is 0 Å². The number of anilines is 1. The molecule has 0 aromatic heterocycles. The van der Waals surface area contributed by atoms with Gasteiger partial charge in [-0.2, -0.15) is 0 Å². The second-order valence-corrected chi connectivity index (χ2v) is 9.74. The van der Waals surface area contributed by atoms with Crippen molar-refractivity contribution in [3.8, 4) is 5.75 Å². The number of amides is 4. The molecule has 182 valence electrons. The van der Waals surface area contributed by atoms with E-state index in [1.165, 1.54) is 12.0 Å². The highest BCUT2D eigenvalue weighted by atomic mass is 16.5. The van der Waals surface area contributed by atoms with Crippen LogP contribution in [0.2, 0.25) is 0 Å². The van der Waals surface area contributed by atoms with Crippen molar-refractivity contribution < 1.29 is 29.2 Å². The van der Waals surface area contributed by atoms with Crippen LogP contribution in [0.1, 0.15) is 35.1 Å². The van der Waals surface area contributed by atoms with Gasteiger partial charge in [-0.15, -0.1) is 0 Å². The number of para-hydroxylation sites is 1. The van der Waals surface area contributed by atoms with Gasteiger partial charge in [0, 0.05) is 24.0 Å². The smallest absolute Gasteiger partial charge is 0.291 e. The third-order valence-electron chi connectivity index (χ3n) is 7.66. The lowest BCUT2D eigenvalue weighted by molar-refractivity contribution is -0.734. The second-order valence-electron chi connectivity index (χ2n) is 9.74. The fourth-order valence-corrected chi connectivity index (χ4v) is 6.21. The van der Waals surface area contributed by atoms with Crippen LogP contribution in [0.15, 0.2) is 36.4 Å². The Morgan fingerprint density at radius 3 is 2.63 bits per heavy atom.